The molecule has 0 aliphatic rings. The predicted octanol–water partition coefficient (Wildman–Crippen LogP) is -0.654. The number of aromatic nitrogens is 2. The van der Waals surface area contributed by atoms with Gasteiger partial charge in [-0.05, 0) is 6.07 Å². The van der Waals surface area contributed by atoms with Crippen LogP contribution in [0.3, 0.4) is 0 Å². The molecule has 1 aromatic rings. The van der Waals surface area contributed by atoms with Crippen molar-refractivity contribution < 1.29 is 9.84 Å². The zero-order valence-corrected chi connectivity index (χ0v) is 8.17. The molecule has 0 aromatic carbocycles. The van der Waals surface area contributed by atoms with Crippen LogP contribution in [0, 0.1) is 0 Å². The fourth-order valence-electron chi connectivity index (χ4n) is 0.912. The van der Waals surface area contributed by atoms with E-state index in [1.165, 1.54) is 22.9 Å². The van der Waals surface area contributed by atoms with Gasteiger partial charge in [0.15, 0.2) is 0 Å². The standard InChI is InChI=1S/C9H13N3O3/c1-2-7(5-13)15-6-12-4-3-8(10)11-9(12)14/h2-4,7,13H,1,5-6H2,(H2,10,11,14)/t7-/m0/s1. The minimum absolute atomic E-state index is 0.00333. The maximum atomic E-state index is 11.2. The molecule has 6 heteroatoms. The quantitative estimate of drug-likeness (QED) is 0.631. The maximum absolute atomic E-state index is 11.2. The summed E-state index contributed by atoms with van der Waals surface area (Å²) in [5, 5.41) is 8.80. The third-order valence-electron chi connectivity index (χ3n) is 1.77. The monoisotopic (exact) mass is 211 g/mol. The van der Waals surface area contributed by atoms with E-state index in [1.54, 1.807) is 0 Å². The molecule has 82 valence electrons. The number of aliphatic hydroxyl groups is 1. The molecule has 0 aliphatic carbocycles. The van der Waals surface area contributed by atoms with Crippen LogP contribution in [0.15, 0.2) is 29.7 Å². The lowest BCUT2D eigenvalue weighted by molar-refractivity contribution is 0.00146. The van der Waals surface area contributed by atoms with Crippen molar-refractivity contribution >= 4 is 5.82 Å². The average Bonchev–Trinajstić information content (AvgIpc) is 2.22. The number of anilines is 1. The van der Waals surface area contributed by atoms with Gasteiger partial charge < -0.3 is 15.6 Å². The molecule has 0 saturated carbocycles. The van der Waals surface area contributed by atoms with Gasteiger partial charge in [0.25, 0.3) is 0 Å². The molecule has 0 aliphatic heterocycles. The second-order valence-electron chi connectivity index (χ2n) is 2.86. The van der Waals surface area contributed by atoms with Crippen molar-refractivity contribution in [1.29, 1.82) is 0 Å². The minimum Gasteiger partial charge on any atom is -0.393 e. The Hall–Kier alpha value is -1.66. The maximum Gasteiger partial charge on any atom is 0.351 e. The van der Waals surface area contributed by atoms with Crippen LogP contribution in [0.1, 0.15) is 0 Å². The van der Waals surface area contributed by atoms with E-state index in [2.05, 4.69) is 11.6 Å². The largest absolute Gasteiger partial charge is 0.393 e. The second kappa shape index (κ2) is 5.28. The molecule has 1 heterocycles. The number of hydrogen-bond donors (Lipinski definition) is 2. The average molecular weight is 211 g/mol. The van der Waals surface area contributed by atoms with Crippen LogP contribution in [-0.4, -0.2) is 27.4 Å². The van der Waals surface area contributed by atoms with Crippen LogP contribution in [0.2, 0.25) is 0 Å². The Kier molecular flexibility index (Phi) is 4.02. The molecular formula is C9H13N3O3. The Morgan fingerprint density at radius 2 is 2.53 bits per heavy atom. The topological polar surface area (TPSA) is 90.4 Å². The lowest BCUT2D eigenvalue weighted by atomic mass is 10.4. The first-order valence-corrected chi connectivity index (χ1v) is 4.35. The van der Waals surface area contributed by atoms with Crippen LogP contribution in [0.5, 0.6) is 0 Å². The highest BCUT2D eigenvalue weighted by Crippen LogP contribution is 1.95. The van der Waals surface area contributed by atoms with Crippen LogP contribution in [0.25, 0.3) is 0 Å². The number of nitrogens with zero attached hydrogens (tertiary/aromatic N) is 2. The molecule has 1 aromatic heterocycles. The lowest BCUT2D eigenvalue weighted by Gasteiger charge is -2.11. The Morgan fingerprint density at radius 3 is 3.07 bits per heavy atom. The van der Waals surface area contributed by atoms with E-state index in [4.69, 9.17) is 15.6 Å². The summed E-state index contributed by atoms with van der Waals surface area (Å²) in [6.45, 7) is 3.30. The fraction of sp³-hybridized carbons (Fsp3) is 0.333. The lowest BCUT2D eigenvalue weighted by Crippen LogP contribution is -2.26. The number of nitrogens with two attached hydrogens (primary N) is 1. The van der Waals surface area contributed by atoms with Crippen LogP contribution >= 0.6 is 0 Å². The van der Waals surface area contributed by atoms with Gasteiger partial charge in [0.05, 0.1) is 6.61 Å². The molecule has 3 N–H and O–H groups in total. The van der Waals surface area contributed by atoms with Crippen molar-refractivity contribution in [3.8, 4) is 0 Å². The molecule has 0 saturated heterocycles. The Balaban J connectivity index is 2.65. The van der Waals surface area contributed by atoms with Crippen molar-refractivity contribution in [3.63, 3.8) is 0 Å². The van der Waals surface area contributed by atoms with Crippen LogP contribution in [0.4, 0.5) is 5.82 Å². The summed E-state index contributed by atoms with van der Waals surface area (Å²) in [7, 11) is 0. The Labute approximate surface area is 86.6 Å². The van der Waals surface area contributed by atoms with Gasteiger partial charge in [0.1, 0.15) is 18.7 Å². The van der Waals surface area contributed by atoms with E-state index in [-0.39, 0.29) is 19.2 Å². The summed E-state index contributed by atoms with van der Waals surface area (Å²) in [5.41, 5.74) is 4.82. The van der Waals surface area contributed by atoms with E-state index in [0.29, 0.717) is 0 Å². The number of hydrogen-bond acceptors (Lipinski definition) is 5. The van der Waals surface area contributed by atoms with Crippen LogP contribution < -0.4 is 11.4 Å². The highest BCUT2D eigenvalue weighted by Gasteiger charge is 2.03. The van der Waals surface area contributed by atoms with Gasteiger partial charge in [0, 0.05) is 6.20 Å². The first-order chi connectivity index (χ1) is 7.17. The summed E-state index contributed by atoms with van der Waals surface area (Å²) < 4.78 is 6.40. The molecule has 1 atom stereocenters. The van der Waals surface area contributed by atoms with Gasteiger partial charge in [-0.2, -0.15) is 4.98 Å². The first-order valence-electron chi connectivity index (χ1n) is 4.35. The number of rotatable bonds is 5. The minimum atomic E-state index is -0.491. The van der Waals surface area contributed by atoms with Crippen molar-refractivity contribution in [2.24, 2.45) is 0 Å². The highest BCUT2D eigenvalue weighted by molar-refractivity contribution is 5.23. The predicted molar refractivity (Wildman–Crippen MR) is 55.1 cm³/mol. The van der Waals surface area contributed by atoms with E-state index in [1.807, 2.05) is 0 Å². The molecule has 15 heavy (non-hydrogen) atoms. The summed E-state index contributed by atoms with van der Waals surface area (Å²) in [6.07, 6.45) is 2.44. The molecule has 0 bridgehead atoms. The Morgan fingerprint density at radius 1 is 1.80 bits per heavy atom. The summed E-state index contributed by atoms with van der Waals surface area (Å²) in [6, 6.07) is 1.49. The van der Waals surface area contributed by atoms with Crippen LogP contribution in [-0.2, 0) is 11.5 Å². The SMILES string of the molecule is C=C[C@@H](CO)OCn1ccc(N)nc1=O. The summed E-state index contributed by atoms with van der Waals surface area (Å²) in [4.78, 5) is 14.8. The van der Waals surface area contributed by atoms with Crippen molar-refractivity contribution in [2.75, 3.05) is 12.3 Å². The summed E-state index contributed by atoms with van der Waals surface area (Å²) in [5.74, 6) is 0.165. The van der Waals surface area contributed by atoms with Gasteiger partial charge in [-0.1, -0.05) is 6.08 Å². The molecule has 0 fully saturated rings. The molecule has 0 spiro atoms. The zero-order valence-electron chi connectivity index (χ0n) is 8.17. The van der Waals surface area contributed by atoms with Gasteiger partial charge in [-0.15, -0.1) is 6.58 Å². The first kappa shape index (κ1) is 11.4. The smallest absolute Gasteiger partial charge is 0.351 e. The Bertz CT molecular complexity index is 388. The molecule has 0 unspecified atom stereocenters. The highest BCUT2D eigenvalue weighted by atomic mass is 16.5. The number of aliphatic hydroxyl groups excluding tert-OH is 1. The molecule has 6 nitrogen and oxygen atoms in total. The zero-order chi connectivity index (χ0) is 11.3. The molecule has 0 amide bonds. The van der Waals surface area contributed by atoms with E-state index in [9.17, 15) is 4.79 Å². The van der Waals surface area contributed by atoms with Crippen molar-refractivity contribution in [3.05, 3.63) is 35.4 Å². The van der Waals surface area contributed by atoms with Gasteiger partial charge in [-0.3, -0.25) is 4.57 Å². The third kappa shape index (κ3) is 3.19. The fourth-order valence-corrected chi connectivity index (χ4v) is 0.912. The van der Waals surface area contributed by atoms with Gasteiger partial charge in [-0.25, -0.2) is 4.79 Å². The normalized spacial score (nSPS) is 12.3. The van der Waals surface area contributed by atoms with Gasteiger partial charge >= 0.3 is 5.69 Å². The van der Waals surface area contributed by atoms with E-state index >= 15 is 0 Å². The second-order valence-corrected chi connectivity index (χ2v) is 2.86. The number of nitrogen functional groups attached to an aromatic ring is 1. The van der Waals surface area contributed by atoms with E-state index in [0.717, 1.165) is 0 Å². The number of ether oxygens (including phenoxy) is 1. The van der Waals surface area contributed by atoms with E-state index < -0.39 is 11.8 Å². The molecular weight excluding hydrogens is 198 g/mol. The molecule has 0 radical (unpaired) electrons. The van der Waals surface area contributed by atoms with Gasteiger partial charge in [0.2, 0.25) is 0 Å². The summed E-state index contributed by atoms with van der Waals surface area (Å²) >= 11 is 0. The van der Waals surface area contributed by atoms with Crippen molar-refractivity contribution in [2.45, 2.75) is 12.8 Å². The third-order valence-corrected chi connectivity index (χ3v) is 1.77. The molecule has 1 rings (SSSR count). The van der Waals surface area contributed by atoms with Crippen molar-refractivity contribution in [1.82, 2.24) is 9.55 Å².